The minimum Gasteiger partial charge on any atom is -0.338 e. The molecular weight excluding hydrogens is 240 g/mol. The molecule has 0 unspecified atom stereocenters. The van der Waals surface area contributed by atoms with Crippen LogP contribution in [-0.2, 0) is 0 Å². The zero-order valence-corrected chi connectivity index (χ0v) is 10.9. The first-order valence-corrected chi connectivity index (χ1v) is 6.42. The molecule has 0 amide bonds. The van der Waals surface area contributed by atoms with E-state index in [1.165, 1.54) is 0 Å². The lowest BCUT2D eigenvalue weighted by atomic mass is 10.2. The maximum atomic E-state index is 10.7. The van der Waals surface area contributed by atoms with Crippen molar-refractivity contribution >= 4 is 23.1 Å². The van der Waals surface area contributed by atoms with Gasteiger partial charge in [0, 0.05) is 43.3 Å². The van der Waals surface area contributed by atoms with Crippen molar-refractivity contribution in [1.29, 1.82) is 0 Å². The van der Waals surface area contributed by atoms with Crippen LogP contribution in [0.5, 0.6) is 0 Å². The topological polar surface area (TPSA) is 49.3 Å². The summed E-state index contributed by atoms with van der Waals surface area (Å²) in [5.41, 5.74) is 1.54. The van der Waals surface area contributed by atoms with E-state index in [9.17, 15) is 4.79 Å². The van der Waals surface area contributed by atoms with Crippen LogP contribution in [0.4, 0.5) is 5.95 Å². The van der Waals surface area contributed by atoms with Gasteiger partial charge in [-0.05, 0) is 25.2 Å². The van der Waals surface area contributed by atoms with Crippen LogP contribution in [0.2, 0.25) is 0 Å². The van der Waals surface area contributed by atoms with Crippen LogP contribution in [0.25, 0.3) is 10.9 Å². The van der Waals surface area contributed by atoms with Gasteiger partial charge in [-0.3, -0.25) is 4.79 Å². The summed E-state index contributed by atoms with van der Waals surface area (Å²) in [4.78, 5) is 24.2. The number of anilines is 1. The Labute approximate surface area is 111 Å². The van der Waals surface area contributed by atoms with Crippen molar-refractivity contribution in [1.82, 2.24) is 14.9 Å². The van der Waals surface area contributed by atoms with E-state index in [0.717, 1.165) is 49.3 Å². The molecule has 1 aliphatic heterocycles. The van der Waals surface area contributed by atoms with Crippen molar-refractivity contribution in [3.8, 4) is 0 Å². The zero-order valence-electron chi connectivity index (χ0n) is 10.9. The Hall–Kier alpha value is -2.01. The Morgan fingerprint density at radius 2 is 2.00 bits per heavy atom. The van der Waals surface area contributed by atoms with Crippen LogP contribution in [0.3, 0.4) is 0 Å². The first-order chi connectivity index (χ1) is 9.26. The Morgan fingerprint density at radius 3 is 2.74 bits per heavy atom. The third kappa shape index (κ3) is 2.42. The van der Waals surface area contributed by atoms with Crippen LogP contribution < -0.4 is 4.90 Å². The molecule has 0 atom stereocenters. The summed E-state index contributed by atoms with van der Waals surface area (Å²) < 4.78 is 0. The van der Waals surface area contributed by atoms with Crippen LogP contribution in [0.1, 0.15) is 10.4 Å². The van der Waals surface area contributed by atoms with E-state index >= 15 is 0 Å². The molecule has 1 fully saturated rings. The van der Waals surface area contributed by atoms with Gasteiger partial charge in [-0.2, -0.15) is 0 Å². The van der Waals surface area contributed by atoms with Gasteiger partial charge in [0.05, 0.1) is 5.52 Å². The second-order valence-corrected chi connectivity index (χ2v) is 4.90. The molecule has 98 valence electrons. The molecule has 5 heteroatoms. The molecule has 0 aliphatic carbocycles. The first kappa shape index (κ1) is 12.0. The van der Waals surface area contributed by atoms with Gasteiger partial charge < -0.3 is 9.80 Å². The molecule has 0 bridgehead atoms. The molecule has 2 aromatic rings. The Morgan fingerprint density at radius 1 is 1.21 bits per heavy atom. The number of piperazine rings is 1. The van der Waals surface area contributed by atoms with E-state index in [2.05, 4.69) is 26.8 Å². The number of fused-ring (bicyclic) bond motifs is 1. The number of rotatable bonds is 2. The van der Waals surface area contributed by atoms with Crippen molar-refractivity contribution in [3.63, 3.8) is 0 Å². The van der Waals surface area contributed by atoms with Gasteiger partial charge in [0.2, 0.25) is 5.95 Å². The number of carbonyl (C=O) groups is 1. The maximum absolute atomic E-state index is 10.7. The molecule has 0 radical (unpaired) electrons. The molecule has 0 spiro atoms. The number of benzene rings is 1. The Bertz CT molecular complexity index is 605. The summed E-state index contributed by atoms with van der Waals surface area (Å²) in [6.45, 7) is 3.97. The van der Waals surface area contributed by atoms with E-state index in [0.29, 0.717) is 5.56 Å². The largest absolute Gasteiger partial charge is 0.338 e. The summed E-state index contributed by atoms with van der Waals surface area (Å²) in [7, 11) is 2.12. The minimum absolute atomic E-state index is 0.656. The number of carbonyl (C=O) groups excluding carboxylic acids is 1. The Kier molecular flexibility index (Phi) is 3.13. The van der Waals surface area contributed by atoms with E-state index < -0.39 is 0 Å². The highest BCUT2D eigenvalue weighted by molar-refractivity contribution is 5.86. The van der Waals surface area contributed by atoms with Crippen LogP contribution in [0, 0.1) is 0 Å². The van der Waals surface area contributed by atoms with Crippen molar-refractivity contribution in [2.45, 2.75) is 0 Å². The average Bonchev–Trinajstić information content (AvgIpc) is 2.47. The van der Waals surface area contributed by atoms with Gasteiger partial charge in [-0.25, -0.2) is 9.97 Å². The predicted molar refractivity (Wildman–Crippen MR) is 74.6 cm³/mol. The second-order valence-electron chi connectivity index (χ2n) is 4.90. The monoisotopic (exact) mass is 256 g/mol. The SMILES string of the molecule is CN1CCN(c2ncc3cc(C=O)ccc3n2)CC1. The third-order valence-electron chi connectivity index (χ3n) is 3.51. The quantitative estimate of drug-likeness (QED) is 0.756. The fourth-order valence-corrected chi connectivity index (χ4v) is 2.27. The summed E-state index contributed by atoms with van der Waals surface area (Å²) in [6, 6.07) is 5.48. The highest BCUT2D eigenvalue weighted by Crippen LogP contribution is 2.17. The van der Waals surface area contributed by atoms with Gasteiger partial charge >= 0.3 is 0 Å². The number of aromatic nitrogens is 2. The standard InChI is InChI=1S/C14H16N4O/c1-17-4-6-18(7-5-17)14-15-9-12-8-11(10-19)2-3-13(12)16-14/h2-3,8-10H,4-7H2,1H3. The smallest absolute Gasteiger partial charge is 0.225 e. The van der Waals surface area contributed by atoms with Gasteiger partial charge in [0.1, 0.15) is 6.29 Å². The molecular formula is C14H16N4O. The van der Waals surface area contributed by atoms with E-state index in [4.69, 9.17) is 0 Å². The summed E-state index contributed by atoms with van der Waals surface area (Å²) in [5, 5.41) is 0.905. The number of aldehydes is 1. The molecule has 19 heavy (non-hydrogen) atoms. The number of likely N-dealkylation sites (N-methyl/N-ethyl adjacent to an activating group) is 1. The van der Waals surface area contributed by atoms with Crippen LogP contribution >= 0.6 is 0 Å². The molecule has 2 heterocycles. The van der Waals surface area contributed by atoms with E-state index in [1.807, 2.05) is 12.1 Å². The van der Waals surface area contributed by atoms with Crippen molar-refractivity contribution < 1.29 is 4.79 Å². The molecule has 3 rings (SSSR count). The van der Waals surface area contributed by atoms with E-state index in [-0.39, 0.29) is 0 Å². The second kappa shape index (κ2) is 4.93. The lowest BCUT2D eigenvalue weighted by Crippen LogP contribution is -2.45. The maximum Gasteiger partial charge on any atom is 0.225 e. The molecule has 0 N–H and O–H groups in total. The third-order valence-corrected chi connectivity index (χ3v) is 3.51. The van der Waals surface area contributed by atoms with Crippen molar-refractivity contribution in [3.05, 3.63) is 30.0 Å². The molecule has 1 aromatic carbocycles. The highest BCUT2D eigenvalue weighted by Gasteiger charge is 2.16. The number of hydrogen-bond acceptors (Lipinski definition) is 5. The van der Waals surface area contributed by atoms with Crippen LogP contribution in [0.15, 0.2) is 24.4 Å². The van der Waals surface area contributed by atoms with Crippen LogP contribution in [-0.4, -0.2) is 54.4 Å². The summed E-state index contributed by atoms with van der Waals surface area (Å²) >= 11 is 0. The Balaban J connectivity index is 1.91. The predicted octanol–water partition coefficient (Wildman–Crippen LogP) is 1.19. The van der Waals surface area contributed by atoms with Crippen molar-refractivity contribution in [2.24, 2.45) is 0 Å². The van der Waals surface area contributed by atoms with Gasteiger partial charge in [0.25, 0.3) is 0 Å². The van der Waals surface area contributed by atoms with Gasteiger partial charge in [0.15, 0.2) is 0 Å². The molecule has 0 saturated carbocycles. The zero-order chi connectivity index (χ0) is 13.2. The lowest BCUT2D eigenvalue weighted by molar-refractivity contribution is 0.112. The molecule has 1 aromatic heterocycles. The van der Waals surface area contributed by atoms with Gasteiger partial charge in [-0.1, -0.05) is 0 Å². The normalized spacial score (nSPS) is 16.8. The lowest BCUT2D eigenvalue weighted by Gasteiger charge is -2.32. The minimum atomic E-state index is 0.656. The summed E-state index contributed by atoms with van der Waals surface area (Å²) in [5.74, 6) is 0.777. The summed E-state index contributed by atoms with van der Waals surface area (Å²) in [6.07, 6.45) is 2.64. The molecule has 1 aliphatic rings. The van der Waals surface area contributed by atoms with E-state index in [1.54, 1.807) is 12.3 Å². The fraction of sp³-hybridized carbons (Fsp3) is 0.357. The van der Waals surface area contributed by atoms with Crippen molar-refractivity contribution in [2.75, 3.05) is 38.1 Å². The first-order valence-electron chi connectivity index (χ1n) is 6.42. The molecule has 5 nitrogen and oxygen atoms in total. The molecule has 1 saturated heterocycles. The number of hydrogen-bond donors (Lipinski definition) is 0. The average molecular weight is 256 g/mol. The fourth-order valence-electron chi connectivity index (χ4n) is 2.27. The number of nitrogens with zero attached hydrogens (tertiary/aromatic N) is 4. The highest BCUT2D eigenvalue weighted by atomic mass is 16.1. The van der Waals surface area contributed by atoms with Gasteiger partial charge in [-0.15, -0.1) is 0 Å².